The predicted molar refractivity (Wildman–Crippen MR) is 130 cm³/mol. The number of likely N-dealkylation sites (N-methyl/N-ethyl adjacent to an activating group) is 1. The number of hydrogen-bond donors (Lipinski definition) is 2. The Hall–Kier alpha value is -3.43. The van der Waals surface area contributed by atoms with E-state index in [1.54, 1.807) is 24.4 Å². The zero-order valence-corrected chi connectivity index (χ0v) is 18.9. The molecule has 7 nitrogen and oxygen atoms in total. The molecule has 1 amide bonds. The molecule has 2 aliphatic rings. The van der Waals surface area contributed by atoms with Gasteiger partial charge in [-0.1, -0.05) is 23.9 Å². The van der Waals surface area contributed by atoms with Crippen molar-refractivity contribution >= 4 is 46.8 Å². The molecular formula is C24H23FN6OS. The number of anilines is 4. The number of nitrogens with one attached hydrogen (secondary N) is 2. The summed E-state index contributed by atoms with van der Waals surface area (Å²) in [5.41, 5.74) is 3.40. The summed E-state index contributed by atoms with van der Waals surface area (Å²) in [5, 5.41) is 6.70. The predicted octanol–water partition coefficient (Wildman–Crippen LogP) is 4.20. The molecule has 2 aromatic carbocycles. The fourth-order valence-electron chi connectivity index (χ4n) is 3.68. The number of rotatable bonds is 4. The van der Waals surface area contributed by atoms with Crippen LogP contribution in [0.1, 0.15) is 5.56 Å². The number of amides is 1. The summed E-state index contributed by atoms with van der Waals surface area (Å²) in [6, 6.07) is 14.2. The Morgan fingerprint density at radius 1 is 1.06 bits per heavy atom. The number of hydrogen-bond acceptors (Lipinski definition) is 7. The van der Waals surface area contributed by atoms with Crippen molar-refractivity contribution in [2.75, 3.05) is 48.8 Å². The first-order valence-electron chi connectivity index (χ1n) is 10.7. The van der Waals surface area contributed by atoms with Crippen LogP contribution in [-0.2, 0) is 4.79 Å². The minimum absolute atomic E-state index is 0.236. The van der Waals surface area contributed by atoms with Gasteiger partial charge in [0.15, 0.2) is 0 Å². The van der Waals surface area contributed by atoms with Gasteiger partial charge in [-0.05, 0) is 55.1 Å². The number of thioether (sulfide) groups is 1. The van der Waals surface area contributed by atoms with E-state index in [4.69, 9.17) is 0 Å². The highest BCUT2D eigenvalue weighted by Crippen LogP contribution is 2.37. The Morgan fingerprint density at radius 3 is 2.52 bits per heavy atom. The van der Waals surface area contributed by atoms with Crippen LogP contribution in [0.5, 0.6) is 0 Å². The van der Waals surface area contributed by atoms with Gasteiger partial charge in [0, 0.05) is 37.6 Å². The van der Waals surface area contributed by atoms with E-state index in [0.29, 0.717) is 21.6 Å². The first kappa shape index (κ1) is 21.4. The molecule has 1 aromatic heterocycles. The van der Waals surface area contributed by atoms with E-state index in [0.717, 1.165) is 37.4 Å². The third kappa shape index (κ3) is 4.99. The summed E-state index contributed by atoms with van der Waals surface area (Å²) in [6.07, 6.45) is 3.32. The Balaban J connectivity index is 1.30. The summed E-state index contributed by atoms with van der Waals surface area (Å²) in [6.45, 7) is 4.17. The molecule has 0 atom stereocenters. The van der Waals surface area contributed by atoms with Crippen LogP contribution in [-0.4, -0.2) is 54.0 Å². The molecule has 5 rings (SSSR count). The molecule has 3 aromatic rings. The number of carbonyl (C=O) groups is 1. The maximum atomic E-state index is 13.2. The van der Waals surface area contributed by atoms with Crippen LogP contribution in [0.15, 0.2) is 64.7 Å². The first-order valence-corrected chi connectivity index (χ1v) is 11.5. The van der Waals surface area contributed by atoms with Gasteiger partial charge in [0.2, 0.25) is 5.95 Å². The quantitative estimate of drug-likeness (QED) is 0.445. The number of piperazine rings is 1. The molecule has 0 bridgehead atoms. The van der Waals surface area contributed by atoms with Crippen LogP contribution in [0.2, 0.25) is 0 Å². The molecule has 2 aliphatic heterocycles. The molecule has 1 saturated heterocycles. The van der Waals surface area contributed by atoms with Crippen LogP contribution in [0.4, 0.5) is 27.4 Å². The van der Waals surface area contributed by atoms with Gasteiger partial charge in [0.05, 0.1) is 16.8 Å². The van der Waals surface area contributed by atoms with Crippen molar-refractivity contribution in [3.8, 4) is 0 Å². The molecule has 0 unspecified atom stereocenters. The van der Waals surface area contributed by atoms with Crippen molar-refractivity contribution in [3.63, 3.8) is 0 Å². The minimum Gasteiger partial charge on any atom is -0.369 e. The van der Waals surface area contributed by atoms with Gasteiger partial charge in [-0.15, -0.1) is 0 Å². The highest BCUT2D eigenvalue weighted by atomic mass is 32.2. The molecule has 168 valence electrons. The minimum atomic E-state index is -0.316. The summed E-state index contributed by atoms with van der Waals surface area (Å²) >= 11 is 1.26. The van der Waals surface area contributed by atoms with Crippen LogP contribution < -0.4 is 15.5 Å². The topological polar surface area (TPSA) is 73.4 Å². The number of halogens is 1. The van der Waals surface area contributed by atoms with Crippen LogP contribution in [0.25, 0.3) is 6.08 Å². The van der Waals surface area contributed by atoms with Gasteiger partial charge < -0.3 is 20.4 Å². The number of fused-ring (bicyclic) bond motifs is 1. The van der Waals surface area contributed by atoms with Crippen molar-refractivity contribution in [1.29, 1.82) is 0 Å². The fourth-order valence-corrected chi connectivity index (χ4v) is 4.57. The number of benzene rings is 2. The normalized spacial score (nSPS) is 17.6. The van der Waals surface area contributed by atoms with Crippen molar-refractivity contribution in [2.45, 2.75) is 5.03 Å². The molecule has 2 N–H and O–H groups in total. The Morgan fingerprint density at radius 2 is 1.79 bits per heavy atom. The van der Waals surface area contributed by atoms with Gasteiger partial charge in [0.1, 0.15) is 10.8 Å². The summed E-state index contributed by atoms with van der Waals surface area (Å²) < 4.78 is 13.2. The lowest BCUT2D eigenvalue weighted by molar-refractivity contribution is -0.112. The van der Waals surface area contributed by atoms with E-state index in [1.165, 1.54) is 29.6 Å². The third-order valence-electron chi connectivity index (χ3n) is 5.59. The monoisotopic (exact) mass is 462 g/mol. The average molecular weight is 463 g/mol. The second-order valence-corrected chi connectivity index (χ2v) is 9.02. The molecule has 3 heterocycles. The molecule has 0 radical (unpaired) electrons. The third-order valence-corrected chi connectivity index (χ3v) is 6.62. The Bertz CT molecular complexity index is 1190. The molecule has 0 aliphatic carbocycles. The highest BCUT2D eigenvalue weighted by molar-refractivity contribution is 8.04. The number of carbonyl (C=O) groups excluding carboxylic acids is 1. The Kier molecular flexibility index (Phi) is 5.97. The largest absolute Gasteiger partial charge is 0.369 e. The Labute approximate surface area is 195 Å². The lowest BCUT2D eigenvalue weighted by atomic mass is 10.2. The molecule has 33 heavy (non-hydrogen) atoms. The zero-order chi connectivity index (χ0) is 22.8. The number of nitrogens with zero attached hydrogens (tertiary/aromatic N) is 4. The van der Waals surface area contributed by atoms with Gasteiger partial charge in [-0.2, -0.15) is 0 Å². The van der Waals surface area contributed by atoms with E-state index in [1.807, 2.05) is 12.1 Å². The zero-order valence-electron chi connectivity index (χ0n) is 18.1. The van der Waals surface area contributed by atoms with E-state index in [2.05, 4.69) is 49.6 Å². The van der Waals surface area contributed by atoms with Crippen molar-refractivity contribution in [3.05, 3.63) is 71.0 Å². The van der Waals surface area contributed by atoms with E-state index in [9.17, 15) is 9.18 Å². The number of aromatic nitrogens is 2. The van der Waals surface area contributed by atoms with Gasteiger partial charge in [-0.25, -0.2) is 14.4 Å². The van der Waals surface area contributed by atoms with Gasteiger partial charge in [-0.3, -0.25) is 4.79 Å². The molecular weight excluding hydrogens is 439 g/mol. The van der Waals surface area contributed by atoms with E-state index >= 15 is 0 Å². The summed E-state index contributed by atoms with van der Waals surface area (Å²) in [7, 11) is 2.15. The molecule has 9 heteroatoms. The summed E-state index contributed by atoms with van der Waals surface area (Å²) in [4.78, 5) is 26.5. The smallest absolute Gasteiger partial charge is 0.262 e. The second kappa shape index (κ2) is 9.21. The van der Waals surface area contributed by atoms with Crippen LogP contribution >= 0.6 is 11.8 Å². The highest BCUT2D eigenvalue weighted by Gasteiger charge is 2.23. The maximum absolute atomic E-state index is 13.2. The summed E-state index contributed by atoms with van der Waals surface area (Å²) in [5.74, 6) is -0.102. The van der Waals surface area contributed by atoms with E-state index in [-0.39, 0.29) is 11.7 Å². The van der Waals surface area contributed by atoms with Gasteiger partial charge >= 0.3 is 0 Å². The van der Waals surface area contributed by atoms with Crippen molar-refractivity contribution in [2.24, 2.45) is 0 Å². The SMILES string of the molecule is CN1CCN(c2ccc(Nc3ncc4c(n3)S/C(=C\c3ccc(F)cc3)C(=O)N4)cc2)CC1. The standard InChI is InChI=1S/C24H23FN6OS/c1-30-10-12-31(13-11-30)19-8-6-18(7-9-19)27-24-26-15-20-23(29-24)33-21(22(32)28-20)14-16-2-4-17(25)5-3-16/h2-9,14-15H,10-13H2,1H3,(H,28,32)(H,26,27,29)/b21-14-. The van der Waals surface area contributed by atoms with Gasteiger partial charge in [0.25, 0.3) is 5.91 Å². The molecule has 0 saturated carbocycles. The van der Waals surface area contributed by atoms with Crippen LogP contribution in [0, 0.1) is 5.82 Å². The van der Waals surface area contributed by atoms with Crippen LogP contribution in [0.3, 0.4) is 0 Å². The molecule has 0 spiro atoms. The fraction of sp³-hybridized carbons (Fsp3) is 0.208. The second-order valence-electron chi connectivity index (χ2n) is 7.99. The lowest BCUT2D eigenvalue weighted by Crippen LogP contribution is -2.44. The van der Waals surface area contributed by atoms with Crippen molar-refractivity contribution in [1.82, 2.24) is 14.9 Å². The maximum Gasteiger partial charge on any atom is 0.262 e. The average Bonchev–Trinajstić information content (AvgIpc) is 2.82. The van der Waals surface area contributed by atoms with E-state index < -0.39 is 0 Å². The van der Waals surface area contributed by atoms with Crippen molar-refractivity contribution < 1.29 is 9.18 Å². The molecule has 1 fully saturated rings. The lowest BCUT2D eigenvalue weighted by Gasteiger charge is -2.34. The first-order chi connectivity index (χ1) is 16.0.